The average Bonchev–Trinajstić information content (AvgIpc) is 2.74. The highest BCUT2D eigenvalue weighted by atomic mass is 79.9. The first-order valence-electron chi connectivity index (χ1n) is 9.93. The Labute approximate surface area is 185 Å². The van der Waals surface area contributed by atoms with Crippen LogP contribution < -0.4 is 0 Å². The van der Waals surface area contributed by atoms with Gasteiger partial charge in [-0.3, -0.25) is 4.79 Å². The van der Waals surface area contributed by atoms with E-state index in [0.29, 0.717) is 18.7 Å². The predicted octanol–water partition coefficient (Wildman–Crippen LogP) is 3.28. The molecule has 8 heteroatoms. The van der Waals surface area contributed by atoms with Crippen molar-refractivity contribution in [2.45, 2.75) is 29.6 Å². The molecule has 0 unspecified atom stereocenters. The molecule has 0 spiro atoms. The van der Waals surface area contributed by atoms with Crippen LogP contribution in [0.3, 0.4) is 0 Å². The number of carbonyl (C=O) groups excluding carboxylic acids is 1. The summed E-state index contributed by atoms with van der Waals surface area (Å²) in [5, 5.41) is 8.90. The number of rotatable bonds is 4. The van der Waals surface area contributed by atoms with E-state index in [2.05, 4.69) is 15.9 Å². The van der Waals surface area contributed by atoms with Crippen LogP contribution in [-0.2, 0) is 20.2 Å². The van der Waals surface area contributed by atoms with Crippen LogP contribution in [0.5, 0.6) is 0 Å². The molecule has 1 heterocycles. The maximum Gasteiger partial charge on any atom is 0.243 e. The zero-order chi connectivity index (χ0) is 21.4. The number of piperazine rings is 1. The molecule has 1 aliphatic heterocycles. The fourth-order valence-corrected chi connectivity index (χ4v) is 5.90. The van der Waals surface area contributed by atoms with E-state index in [1.54, 1.807) is 0 Å². The lowest BCUT2D eigenvalue weighted by atomic mass is 9.63. The minimum Gasteiger partial charge on any atom is -0.339 e. The van der Waals surface area contributed by atoms with Crippen molar-refractivity contribution < 1.29 is 13.2 Å². The van der Waals surface area contributed by atoms with Crippen LogP contribution in [0.25, 0.3) is 0 Å². The van der Waals surface area contributed by atoms with E-state index in [9.17, 15) is 13.2 Å². The lowest BCUT2D eigenvalue weighted by Gasteiger charge is -2.46. The van der Waals surface area contributed by atoms with Crippen LogP contribution in [0.1, 0.15) is 30.4 Å². The Hall–Kier alpha value is -2.21. The molecule has 0 aromatic heterocycles. The van der Waals surface area contributed by atoms with Gasteiger partial charge >= 0.3 is 0 Å². The second kappa shape index (κ2) is 8.14. The molecule has 0 atom stereocenters. The monoisotopic (exact) mass is 487 g/mol. The number of amides is 1. The van der Waals surface area contributed by atoms with Crippen LogP contribution in [0.15, 0.2) is 57.9 Å². The Morgan fingerprint density at radius 2 is 1.57 bits per heavy atom. The summed E-state index contributed by atoms with van der Waals surface area (Å²) in [6, 6.07) is 15.9. The Balaban J connectivity index is 1.46. The third kappa shape index (κ3) is 3.66. The molecule has 30 heavy (non-hydrogen) atoms. The summed E-state index contributed by atoms with van der Waals surface area (Å²) in [6.45, 7) is 1.30. The van der Waals surface area contributed by atoms with Crippen molar-refractivity contribution in [1.82, 2.24) is 9.21 Å². The summed E-state index contributed by atoms with van der Waals surface area (Å²) in [7, 11) is -3.64. The SMILES string of the molecule is N#Cc1ccc(S(=O)(=O)N2CCN(C(=O)C3(c4ccc(Br)cc4)CCC3)CC2)cc1. The highest BCUT2D eigenvalue weighted by Gasteiger charge is 2.48. The van der Waals surface area contributed by atoms with Crippen LogP contribution in [0, 0.1) is 11.3 Å². The second-order valence-corrected chi connectivity index (χ2v) is 10.6. The molecule has 0 radical (unpaired) electrons. The van der Waals surface area contributed by atoms with Crippen LogP contribution in [-0.4, -0.2) is 49.7 Å². The fraction of sp³-hybridized carbons (Fsp3) is 0.364. The molecule has 4 rings (SSSR count). The molecule has 1 saturated heterocycles. The summed E-state index contributed by atoms with van der Waals surface area (Å²) in [6.07, 6.45) is 2.68. The molecule has 156 valence electrons. The number of benzene rings is 2. The molecule has 0 bridgehead atoms. The molecule has 1 amide bonds. The zero-order valence-electron chi connectivity index (χ0n) is 16.4. The van der Waals surface area contributed by atoms with Gasteiger partial charge in [-0.05, 0) is 54.8 Å². The molecule has 0 N–H and O–H groups in total. The Kier molecular flexibility index (Phi) is 5.71. The largest absolute Gasteiger partial charge is 0.339 e. The van der Waals surface area contributed by atoms with Crippen molar-refractivity contribution in [3.63, 3.8) is 0 Å². The Morgan fingerprint density at radius 3 is 2.07 bits per heavy atom. The molecule has 1 saturated carbocycles. The highest BCUT2D eigenvalue weighted by Crippen LogP contribution is 2.45. The number of halogens is 1. The summed E-state index contributed by atoms with van der Waals surface area (Å²) in [5.74, 6) is 0.103. The first kappa shape index (κ1) is 21.0. The van der Waals surface area contributed by atoms with Crippen molar-refractivity contribution in [2.24, 2.45) is 0 Å². The fourth-order valence-electron chi connectivity index (χ4n) is 4.21. The number of carbonyl (C=O) groups is 1. The number of hydrogen-bond donors (Lipinski definition) is 0. The number of nitriles is 1. The zero-order valence-corrected chi connectivity index (χ0v) is 18.8. The quantitative estimate of drug-likeness (QED) is 0.662. The molecule has 2 aromatic rings. The van der Waals surface area contributed by atoms with Gasteiger partial charge in [-0.25, -0.2) is 8.42 Å². The molecule has 2 aromatic carbocycles. The highest BCUT2D eigenvalue weighted by molar-refractivity contribution is 9.10. The van der Waals surface area contributed by atoms with Crippen molar-refractivity contribution in [3.8, 4) is 6.07 Å². The Morgan fingerprint density at radius 1 is 0.967 bits per heavy atom. The van der Waals surface area contributed by atoms with Gasteiger partial charge in [-0.2, -0.15) is 9.57 Å². The Bertz CT molecular complexity index is 1080. The molecule has 1 aliphatic carbocycles. The van der Waals surface area contributed by atoms with Gasteiger partial charge in [0, 0.05) is 30.7 Å². The number of nitrogens with zero attached hydrogens (tertiary/aromatic N) is 3. The van der Waals surface area contributed by atoms with Gasteiger partial charge in [0.15, 0.2) is 0 Å². The van der Waals surface area contributed by atoms with Gasteiger partial charge in [-0.1, -0.05) is 34.5 Å². The lowest BCUT2D eigenvalue weighted by molar-refractivity contribution is -0.142. The van der Waals surface area contributed by atoms with E-state index in [0.717, 1.165) is 29.3 Å². The maximum atomic E-state index is 13.4. The van der Waals surface area contributed by atoms with Crippen molar-refractivity contribution in [1.29, 1.82) is 5.26 Å². The molecule has 2 aliphatic rings. The predicted molar refractivity (Wildman–Crippen MR) is 116 cm³/mol. The van der Waals surface area contributed by atoms with Crippen molar-refractivity contribution in [3.05, 3.63) is 64.1 Å². The third-order valence-electron chi connectivity index (χ3n) is 6.16. The standard InChI is InChI=1S/C22H22BrN3O3S/c23-19-6-4-18(5-7-19)22(10-1-11-22)21(27)25-12-14-26(15-13-25)30(28,29)20-8-2-17(16-24)3-9-20/h2-9H,1,10-15H2. The smallest absolute Gasteiger partial charge is 0.243 e. The van der Waals surface area contributed by atoms with E-state index in [1.807, 2.05) is 35.2 Å². The van der Waals surface area contributed by atoms with E-state index < -0.39 is 15.4 Å². The first-order valence-corrected chi connectivity index (χ1v) is 12.2. The normalized spacial score (nSPS) is 19.0. The van der Waals surface area contributed by atoms with Crippen molar-refractivity contribution >= 4 is 31.9 Å². The topological polar surface area (TPSA) is 81.5 Å². The van der Waals surface area contributed by atoms with Gasteiger partial charge < -0.3 is 4.90 Å². The van der Waals surface area contributed by atoms with E-state index in [-0.39, 0.29) is 23.9 Å². The summed E-state index contributed by atoms with van der Waals surface area (Å²) in [5.41, 5.74) is 0.979. The minimum absolute atomic E-state index is 0.103. The summed E-state index contributed by atoms with van der Waals surface area (Å²) in [4.78, 5) is 15.4. The van der Waals surface area contributed by atoms with E-state index in [4.69, 9.17) is 5.26 Å². The molecule has 2 fully saturated rings. The van der Waals surface area contributed by atoms with Gasteiger partial charge in [0.1, 0.15) is 0 Å². The molecule has 6 nitrogen and oxygen atoms in total. The summed E-state index contributed by atoms with van der Waals surface area (Å²) < 4.78 is 28.2. The summed E-state index contributed by atoms with van der Waals surface area (Å²) >= 11 is 3.44. The van der Waals surface area contributed by atoms with E-state index >= 15 is 0 Å². The first-order chi connectivity index (χ1) is 14.4. The van der Waals surface area contributed by atoms with Crippen LogP contribution in [0.4, 0.5) is 0 Å². The van der Waals surface area contributed by atoms with Gasteiger partial charge in [0.25, 0.3) is 0 Å². The minimum atomic E-state index is -3.64. The lowest BCUT2D eigenvalue weighted by Crippen LogP contribution is -2.57. The van der Waals surface area contributed by atoms with Gasteiger partial charge in [0.2, 0.25) is 15.9 Å². The van der Waals surface area contributed by atoms with E-state index in [1.165, 1.54) is 28.6 Å². The van der Waals surface area contributed by atoms with Crippen molar-refractivity contribution in [2.75, 3.05) is 26.2 Å². The number of hydrogen-bond acceptors (Lipinski definition) is 4. The molecular formula is C22H22BrN3O3S. The van der Waals surface area contributed by atoms with Gasteiger partial charge in [-0.15, -0.1) is 0 Å². The van der Waals surface area contributed by atoms with Crippen LogP contribution >= 0.6 is 15.9 Å². The molecular weight excluding hydrogens is 466 g/mol. The second-order valence-electron chi connectivity index (χ2n) is 7.78. The van der Waals surface area contributed by atoms with Gasteiger partial charge in [0.05, 0.1) is 21.9 Å². The maximum absolute atomic E-state index is 13.4. The van der Waals surface area contributed by atoms with Crippen LogP contribution in [0.2, 0.25) is 0 Å². The third-order valence-corrected chi connectivity index (χ3v) is 8.60. The average molecular weight is 488 g/mol. The number of sulfonamides is 1.